The molecule has 0 saturated carbocycles. The van der Waals surface area contributed by atoms with Crippen LogP contribution in [0.2, 0.25) is 5.02 Å². The molecule has 5 nitrogen and oxygen atoms in total. The van der Waals surface area contributed by atoms with Crippen molar-refractivity contribution in [2.24, 2.45) is 0 Å². The van der Waals surface area contributed by atoms with E-state index in [4.69, 9.17) is 11.6 Å². The van der Waals surface area contributed by atoms with Crippen LogP contribution in [-0.2, 0) is 14.8 Å². The zero-order valence-corrected chi connectivity index (χ0v) is 18.8. The maximum Gasteiger partial charge on any atom is 0.243 e. The summed E-state index contributed by atoms with van der Waals surface area (Å²) >= 11 is 5.88. The van der Waals surface area contributed by atoms with Gasteiger partial charge < -0.3 is 5.32 Å². The molecule has 1 saturated heterocycles. The summed E-state index contributed by atoms with van der Waals surface area (Å²) in [6, 6.07) is 9.34. The van der Waals surface area contributed by atoms with E-state index in [1.807, 2.05) is 20.8 Å². The third-order valence-electron chi connectivity index (χ3n) is 5.63. The van der Waals surface area contributed by atoms with Crippen molar-refractivity contribution in [3.63, 3.8) is 0 Å². The highest BCUT2D eigenvalue weighted by Crippen LogP contribution is 2.28. The van der Waals surface area contributed by atoms with E-state index in [1.54, 1.807) is 12.1 Å². The third-order valence-corrected chi connectivity index (χ3v) is 7.81. The van der Waals surface area contributed by atoms with Gasteiger partial charge in [-0.25, -0.2) is 8.42 Å². The first kappa shape index (κ1) is 21.8. The fourth-order valence-electron chi connectivity index (χ4n) is 3.87. The molecular formula is C22H27ClN2O3S. The number of sulfonamides is 1. The highest BCUT2D eigenvalue weighted by atomic mass is 35.5. The van der Waals surface area contributed by atoms with E-state index >= 15 is 0 Å². The molecule has 1 fully saturated rings. The Balaban J connectivity index is 1.80. The number of amides is 1. The molecule has 2 atom stereocenters. The van der Waals surface area contributed by atoms with Crippen LogP contribution in [0.1, 0.15) is 48.1 Å². The van der Waals surface area contributed by atoms with Crippen LogP contribution in [0.25, 0.3) is 0 Å². The predicted octanol–water partition coefficient (Wildman–Crippen LogP) is 4.30. The number of nitrogens with one attached hydrogen (secondary N) is 1. The highest BCUT2D eigenvalue weighted by molar-refractivity contribution is 7.89. The molecule has 1 heterocycles. The van der Waals surface area contributed by atoms with Gasteiger partial charge in [0.15, 0.2) is 0 Å². The molecule has 1 N–H and O–H groups in total. The Labute approximate surface area is 178 Å². The Kier molecular flexibility index (Phi) is 6.36. The molecule has 3 rings (SSSR count). The third kappa shape index (κ3) is 4.49. The first-order chi connectivity index (χ1) is 13.6. The lowest BCUT2D eigenvalue weighted by Crippen LogP contribution is -2.46. The molecule has 1 aliphatic heterocycles. The molecular weight excluding hydrogens is 408 g/mol. The molecule has 7 heteroatoms. The van der Waals surface area contributed by atoms with Gasteiger partial charge in [0.2, 0.25) is 15.9 Å². The van der Waals surface area contributed by atoms with Crippen molar-refractivity contribution in [1.82, 2.24) is 9.62 Å². The number of aryl methyl sites for hydroxylation is 3. The lowest BCUT2D eigenvalue weighted by molar-refractivity contribution is -0.124. The molecule has 0 spiro atoms. The van der Waals surface area contributed by atoms with Gasteiger partial charge in [0, 0.05) is 11.6 Å². The smallest absolute Gasteiger partial charge is 0.243 e. The SMILES string of the molecule is Cc1cc(C)c([C@@H](C)NC(=O)[C@H]2CCCN2S(=O)(=O)c2ccc(Cl)cc2)cc1C. The number of halogens is 1. The Morgan fingerprint density at radius 2 is 1.72 bits per heavy atom. The number of hydrogen-bond donors (Lipinski definition) is 1. The van der Waals surface area contributed by atoms with E-state index < -0.39 is 16.1 Å². The summed E-state index contributed by atoms with van der Waals surface area (Å²) in [6.45, 7) is 8.40. The largest absolute Gasteiger partial charge is 0.348 e. The summed E-state index contributed by atoms with van der Waals surface area (Å²) in [5, 5.41) is 3.49. The van der Waals surface area contributed by atoms with Gasteiger partial charge in [0.1, 0.15) is 6.04 Å². The quantitative estimate of drug-likeness (QED) is 0.763. The average molecular weight is 435 g/mol. The lowest BCUT2D eigenvalue weighted by Gasteiger charge is -2.26. The van der Waals surface area contributed by atoms with Crippen LogP contribution in [0.4, 0.5) is 0 Å². The predicted molar refractivity (Wildman–Crippen MR) is 116 cm³/mol. The summed E-state index contributed by atoms with van der Waals surface area (Å²) in [4.78, 5) is 13.1. The topological polar surface area (TPSA) is 66.5 Å². The first-order valence-corrected chi connectivity index (χ1v) is 11.6. The van der Waals surface area contributed by atoms with Crippen molar-refractivity contribution in [3.8, 4) is 0 Å². The van der Waals surface area contributed by atoms with Crippen LogP contribution in [0.15, 0.2) is 41.3 Å². The van der Waals surface area contributed by atoms with E-state index in [9.17, 15) is 13.2 Å². The number of carbonyl (C=O) groups is 1. The second-order valence-electron chi connectivity index (χ2n) is 7.75. The maximum atomic E-state index is 13.1. The van der Waals surface area contributed by atoms with E-state index in [0.717, 1.165) is 11.1 Å². The minimum atomic E-state index is -3.76. The van der Waals surface area contributed by atoms with Crippen molar-refractivity contribution >= 4 is 27.5 Å². The Hall–Kier alpha value is -1.89. The molecule has 156 valence electrons. The minimum absolute atomic E-state index is 0.152. The van der Waals surface area contributed by atoms with Crippen molar-refractivity contribution in [2.45, 2.75) is 57.5 Å². The second kappa shape index (κ2) is 8.46. The number of hydrogen-bond acceptors (Lipinski definition) is 3. The number of benzene rings is 2. The van der Waals surface area contributed by atoms with Crippen LogP contribution in [0.5, 0.6) is 0 Å². The van der Waals surface area contributed by atoms with Crippen LogP contribution < -0.4 is 5.32 Å². The molecule has 0 aliphatic carbocycles. The first-order valence-electron chi connectivity index (χ1n) is 9.77. The van der Waals surface area contributed by atoms with E-state index in [1.165, 1.54) is 27.6 Å². The number of nitrogens with zero attached hydrogens (tertiary/aromatic N) is 1. The molecule has 0 bridgehead atoms. The molecule has 0 unspecified atom stereocenters. The van der Waals surface area contributed by atoms with E-state index in [0.29, 0.717) is 24.4 Å². The molecule has 0 aromatic heterocycles. The standard InChI is InChI=1S/C22H27ClN2O3S/c1-14-12-16(3)20(13-15(14)2)17(4)24-22(26)21-6-5-11-25(21)29(27,28)19-9-7-18(23)8-10-19/h7-10,12-13,17,21H,5-6,11H2,1-4H3,(H,24,26)/t17-,21-/m1/s1. The maximum absolute atomic E-state index is 13.1. The highest BCUT2D eigenvalue weighted by Gasteiger charge is 2.39. The summed E-state index contributed by atoms with van der Waals surface area (Å²) in [5.74, 6) is -0.259. The molecule has 1 amide bonds. The fourth-order valence-corrected chi connectivity index (χ4v) is 5.65. The van der Waals surface area contributed by atoms with Gasteiger partial charge in [0.05, 0.1) is 10.9 Å². The van der Waals surface area contributed by atoms with Crippen LogP contribution >= 0.6 is 11.6 Å². The van der Waals surface area contributed by atoms with Gasteiger partial charge in [-0.1, -0.05) is 23.7 Å². The molecule has 1 aliphatic rings. The molecule has 29 heavy (non-hydrogen) atoms. The average Bonchev–Trinajstić information content (AvgIpc) is 3.16. The summed E-state index contributed by atoms with van der Waals surface area (Å²) in [5.41, 5.74) is 4.53. The van der Waals surface area contributed by atoms with Gasteiger partial charge >= 0.3 is 0 Å². The Morgan fingerprint density at radius 3 is 2.38 bits per heavy atom. The van der Waals surface area contributed by atoms with Crippen molar-refractivity contribution in [2.75, 3.05) is 6.54 Å². The zero-order chi connectivity index (χ0) is 21.3. The fraction of sp³-hybridized carbons (Fsp3) is 0.409. The Bertz CT molecular complexity index is 1020. The van der Waals surface area contributed by atoms with Gasteiger partial charge in [-0.05, 0) is 87.1 Å². The van der Waals surface area contributed by atoms with Crippen LogP contribution in [-0.4, -0.2) is 31.2 Å². The number of carbonyl (C=O) groups excluding carboxylic acids is 1. The van der Waals surface area contributed by atoms with Gasteiger partial charge in [-0.3, -0.25) is 4.79 Å². The summed E-state index contributed by atoms with van der Waals surface area (Å²) in [7, 11) is -3.76. The number of rotatable bonds is 5. The summed E-state index contributed by atoms with van der Waals surface area (Å²) < 4.78 is 27.4. The van der Waals surface area contributed by atoms with Crippen LogP contribution in [0, 0.1) is 20.8 Å². The Morgan fingerprint density at radius 1 is 1.10 bits per heavy atom. The van der Waals surface area contributed by atoms with Gasteiger partial charge in [-0.2, -0.15) is 4.31 Å². The summed E-state index contributed by atoms with van der Waals surface area (Å²) in [6.07, 6.45) is 1.17. The van der Waals surface area contributed by atoms with Gasteiger partial charge in [0.25, 0.3) is 0 Å². The minimum Gasteiger partial charge on any atom is -0.348 e. The van der Waals surface area contributed by atoms with Crippen molar-refractivity contribution in [3.05, 3.63) is 63.7 Å². The van der Waals surface area contributed by atoms with Crippen molar-refractivity contribution < 1.29 is 13.2 Å². The van der Waals surface area contributed by atoms with E-state index in [2.05, 4.69) is 24.4 Å². The van der Waals surface area contributed by atoms with Gasteiger partial charge in [-0.15, -0.1) is 0 Å². The molecule has 2 aromatic rings. The second-order valence-corrected chi connectivity index (χ2v) is 10.1. The molecule has 0 radical (unpaired) electrons. The zero-order valence-electron chi connectivity index (χ0n) is 17.2. The van der Waals surface area contributed by atoms with Crippen molar-refractivity contribution in [1.29, 1.82) is 0 Å². The van der Waals surface area contributed by atoms with E-state index in [-0.39, 0.29) is 16.8 Å². The molecule has 2 aromatic carbocycles. The lowest BCUT2D eigenvalue weighted by atomic mass is 9.96. The van der Waals surface area contributed by atoms with Crippen LogP contribution in [0.3, 0.4) is 0 Å². The monoisotopic (exact) mass is 434 g/mol. The normalized spacial score (nSPS) is 18.6.